The Morgan fingerprint density at radius 2 is 1.84 bits per heavy atom. The zero-order valence-corrected chi connectivity index (χ0v) is 9.48. The van der Waals surface area contributed by atoms with Gasteiger partial charge in [-0.25, -0.2) is 4.98 Å². The summed E-state index contributed by atoms with van der Waals surface area (Å²) in [7, 11) is 0. The molecule has 0 spiro atoms. The van der Waals surface area contributed by atoms with Crippen LogP contribution >= 0.6 is 0 Å². The van der Waals surface area contributed by atoms with Crippen LogP contribution in [0.3, 0.4) is 0 Å². The third-order valence-electron chi connectivity index (χ3n) is 2.24. The summed E-state index contributed by atoms with van der Waals surface area (Å²) in [6.07, 6.45) is -3.07. The van der Waals surface area contributed by atoms with Gasteiger partial charge < -0.3 is 4.74 Å². The maximum atomic E-state index is 12.5. The van der Waals surface area contributed by atoms with E-state index in [-0.39, 0.29) is 17.2 Å². The lowest BCUT2D eigenvalue weighted by atomic mass is 10.2. The van der Waals surface area contributed by atoms with Crippen molar-refractivity contribution < 1.29 is 17.9 Å². The number of aromatic nitrogens is 1. The van der Waals surface area contributed by atoms with Crippen molar-refractivity contribution in [2.75, 3.05) is 0 Å². The predicted molar refractivity (Wildman–Crippen MR) is 60.5 cm³/mol. The molecule has 0 fully saturated rings. The van der Waals surface area contributed by atoms with Gasteiger partial charge in [0.2, 0.25) is 0 Å². The summed E-state index contributed by atoms with van der Waals surface area (Å²) < 4.78 is 42.8. The summed E-state index contributed by atoms with van der Waals surface area (Å²) in [5, 5.41) is 8.66. The highest BCUT2D eigenvalue weighted by Crippen LogP contribution is 2.32. The second-order valence-corrected chi connectivity index (χ2v) is 3.62. The van der Waals surface area contributed by atoms with Crippen molar-refractivity contribution in [2.24, 2.45) is 0 Å². The molecule has 0 bridgehead atoms. The number of halogens is 3. The summed E-state index contributed by atoms with van der Waals surface area (Å²) in [5.41, 5.74) is -0.663. The summed E-state index contributed by atoms with van der Waals surface area (Å²) >= 11 is 0. The molecular formula is C13H7F3N2O. The number of ether oxygens (including phenoxy) is 1. The molecule has 1 aromatic carbocycles. The molecule has 0 saturated carbocycles. The molecule has 0 atom stereocenters. The number of pyridine rings is 1. The molecule has 0 aliphatic rings. The molecule has 3 nitrogen and oxygen atoms in total. The predicted octanol–water partition coefficient (Wildman–Crippen LogP) is 3.76. The fourth-order valence-electron chi connectivity index (χ4n) is 1.41. The molecular weight excluding hydrogens is 257 g/mol. The van der Waals surface area contributed by atoms with Gasteiger partial charge in [0.1, 0.15) is 23.3 Å². The van der Waals surface area contributed by atoms with Crippen molar-refractivity contribution in [3.63, 3.8) is 0 Å². The van der Waals surface area contributed by atoms with Gasteiger partial charge in [0.25, 0.3) is 0 Å². The standard InChI is InChI=1S/C13H7F3N2O/c14-13(15,16)9-2-1-3-11(6-9)19-12-4-5-18-10(7-12)8-17/h1-7H. The first-order chi connectivity index (χ1) is 8.99. The number of alkyl halides is 3. The molecule has 2 aromatic rings. The Labute approximate surface area is 106 Å². The topological polar surface area (TPSA) is 45.9 Å². The highest BCUT2D eigenvalue weighted by atomic mass is 19.4. The van der Waals surface area contributed by atoms with Crippen LogP contribution < -0.4 is 4.74 Å². The van der Waals surface area contributed by atoms with E-state index in [0.717, 1.165) is 12.1 Å². The first-order valence-corrected chi connectivity index (χ1v) is 5.20. The summed E-state index contributed by atoms with van der Waals surface area (Å²) in [6.45, 7) is 0. The van der Waals surface area contributed by atoms with Gasteiger partial charge in [-0.15, -0.1) is 0 Å². The average molecular weight is 264 g/mol. The molecule has 96 valence electrons. The van der Waals surface area contributed by atoms with Crippen molar-refractivity contribution in [3.05, 3.63) is 53.9 Å². The second kappa shape index (κ2) is 4.98. The van der Waals surface area contributed by atoms with Crippen molar-refractivity contribution in [3.8, 4) is 17.6 Å². The van der Waals surface area contributed by atoms with Crippen LogP contribution in [0.25, 0.3) is 0 Å². The third kappa shape index (κ3) is 3.22. The van der Waals surface area contributed by atoms with Crippen molar-refractivity contribution in [2.45, 2.75) is 6.18 Å². The van der Waals surface area contributed by atoms with E-state index in [1.807, 2.05) is 6.07 Å². The van der Waals surface area contributed by atoms with E-state index in [1.165, 1.54) is 30.5 Å². The molecule has 0 radical (unpaired) electrons. The van der Waals surface area contributed by atoms with Gasteiger partial charge in [-0.3, -0.25) is 0 Å². The number of nitrogens with zero attached hydrogens (tertiary/aromatic N) is 2. The monoisotopic (exact) mass is 264 g/mol. The number of benzene rings is 1. The first kappa shape index (κ1) is 12.9. The Bertz CT molecular complexity index is 632. The Morgan fingerprint density at radius 1 is 1.11 bits per heavy atom. The first-order valence-electron chi connectivity index (χ1n) is 5.20. The van der Waals surface area contributed by atoms with Crippen molar-refractivity contribution in [1.29, 1.82) is 5.26 Å². The van der Waals surface area contributed by atoms with Gasteiger partial charge >= 0.3 is 6.18 Å². The summed E-state index contributed by atoms with van der Waals surface area (Å²) in [5.74, 6) is 0.302. The highest BCUT2D eigenvalue weighted by Gasteiger charge is 2.30. The molecule has 1 aromatic heterocycles. The number of hydrogen-bond donors (Lipinski definition) is 0. The van der Waals surface area contributed by atoms with Crippen LogP contribution in [0.5, 0.6) is 11.5 Å². The van der Waals surface area contributed by atoms with E-state index in [1.54, 1.807) is 0 Å². The van der Waals surface area contributed by atoms with Crippen LogP contribution in [-0.2, 0) is 6.18 Å². The third-order valence-corrected chi connectivity index (χ3v) is 2.24. The Balaban J connectivity index is 2.26. The van der Waals surface area contributed by atoms with Gasteiger partial charge in [0.15, 0.2) is 0 Å². The fraction of sp³-hybridized carbons (Fsp3) is 0.0769. The van der Waals surface area contributed by atoms with Crippen LogP contribution in [0, 0.1) is 11.3 Å². The Kier molecular flexibility index (Phi) is 3.38. The van der Waals surface area contributed by atoms with Crippen LogP contribution in [0.4, 0.5) is 13.2 Å². The minimum absolute atomic E-state index is 0.0462. The SMILES string of the molecule is N#Cc1cc(Oc2cccc(C(F)(F)F)c2)ccn1. The molecule has 2 rings (SSSR count). The lowest BCUT2D eigenvalue weighted by Gasteiger charge is -2.09. The molecule has 0 aliphatic carbocycles. The van der Waals surface area contributed by atoms with Crippen LogP contribution in [0.2, 0.25) is 0 Å². The summed E-state index contributed by atoms with van der Waals surface area (Å²) in [4.78, 5) is 3.74. The van der Waals surface area contributed by atoms with Gasteiger partial charge in [-0.1, -0.05) is 6.07 Å². The maximum Gasteiger partial charge on any atom is 0.416 e. The van der Waals surface area contributed by atoms with E-state index in [2.05, 4.69) is 4.98 Å². The Morgan fingerprint density at radius 3 is 2.53 bits per heavy atom. The van der Waals surface area contributed by atoms with Gasteiger partial charge in [0.05, 0.1) is 5.56 Å². The lowest BCUT2D eigenvalue weighted by molar-refractivity contribution is -0.137. The molecule has 0 unspecified atom stereocenters. The van der Waals surface area contributed by atoms with Gasteiger partial charge in [0, 0.05) is 12.3 Å². The average Bonchev–Trinajstić information content (AvgIpc) is 2.38. The highest BCUT2D eigenvalue weighted by molar-refractivity contribution is 5.36. The number of hydrogen-bond acceptors (Lipinski definition) is 3. The normalized spacial score (nSPS) is 10.8. The minimum atomic E-state index is -4.42. The molecule has 0 saturated heterocycles. The van der Waals surface area contributed by atoms with Crippen LogP contribution in [-0.4, -0.2) is 4.98 Å². The quantitative estimate of drug-likeness (QED) is 0.829. The van der Waals surface area contributed by atoms with E-state index in [0.29, 0.717) is 0 Å². The van der Waals surface area contributed by atoms with E-state index in [9.17, 15) is 13.2 Å². The molecule has 6 heteroatoms. The lowest BCUT2D eigenvalue weighted by Crippen LogP contribution is -2.04. The smallest absolute Gasteiger partial charge is 0.416 e. The van der Waals surface area contributed by atoms with Crippen LogP contribution in [0.1, 0.15) is 11.3 Å². The van der Waals surface area contributed by atoms with E-state index >= 15 is 0 Å². The molecule has 0 amide bonds. The van der Waals surface area contributed by atoms with Crippen LogP contribution in [0.15, 0.2) is 42.6 Å². The van der Waals surface area contributed by atoms with Crippen molar-refractivity contribution in [1.82, 2.24) is 4.98 Å². The molecule has 1 heterocycles. The molecule has 19 heavy (non-hydrogen) atoms. The number of rotatable bonds is 2. The Hall–Kier alpha value is -2.55. The largest absolute Gasteiger partial charge is 0.457 e. The zero-order chi connectivity index (χ0) is 13.9. The molecule has 0 N–H and O–H groups in total. The van der Waals surface area contributed by atoms with E-state index < -0.39 is 11.7 Å². The summed E-state index contributed by atoms with van der Waals surface area (Å²) in [6, 6.07) is 9.14. The second-order valence-electron chi connectivity index (χ2n) is 3.62. The fourth-order valence-corrected chi connectivity index (χ4v) is 1.41. The van der Waals surface area contributed by atoms with Crippen molar-refractivity contribution >= 4 is 0 Å². The van der Waals surface area contributed by atoms with Gasteiger partial charge in [-0.2, -0.15) is 18.4 Å². The number of nitriles is 1. The molecule has 0 aliphatic heterocycles. The zero-order valence-electron chi connectivity index (χ0n) is 9.48. The minimum Gasteiger partial charge on any atom is -0.457 e. The maximum absolute atomic E-state index is 12.5. The van der Waals surface area contributed by atoms with Gasteiger partial charge in [-0.05, 0) is 24.3 Å². The van der Waals surface area contributed by atoms with E-state index in [4.69, 9.17) is 10.00 Å².